The molecule has 0 unspecified atom stereocenters. The molecular weight excluding hydrogens is 264 g/mol. The van der Waals surface area contributed by atoms with Crippen molar-refractivity contribution in [3.63, 3.8) is 0 Å². The molecule has 0 rings (SSSR count). The van der Waals surface area contributed by atoms with Crippen LogP contribution in [-0.2, 0) is 9.59 Å². The second-order valence-corrected chi connectivity index (χ2v) is 6.86. The smallest absolute Gasteiger partial charge is 0.238 e. The van der Waals surface area contributed by atoms with Crippen molar-refractivity contribution in [3.05, 3.63) is 0 Å². The third-order valence-electron chi connectivity index (χ3n) is 3.55. The van der Waals surface area contributed by atoms with E-state index in [0.717, 1.165) is 25.8 Å². The van der Waals surface area contributed by atoms with Crippen LogP contribution in [-0.4, -0.2) is 18.4 Å². The third kappa shape index (κ3) is 13.7. The molecule has 4 nitrogen and oxygen atoms in total. The zero-order chi connectivity index (χ0) is 16.1. The number of rotatable bonds is 12. The first kappa shape index (κ1) is 19.9. The van der Waals surface area contributed by atoms with Gasteiger partial charge in [0, 0.05) is 18.4 Å². The molecule has 0 saturated heterocycles. The molecule has 0 bridgehead atoms. The Morgan fingerprint density at radius 1 is 0.810 bits per heavy atom. The summed E-state index contributed by atoms with van der Waals surface area (Å²) in [5.74, 6) is -0.304. The maximum absolute atomic E-state index is 11.6. The van der Waals surface area contributed by atoms with Crippen molar-refractivity contribution in [2.24, 2.45) is 5.41 Å². The minimum absolute atomic E-state index is 0.133. The topological polar surface area (TPSA) is 70.0 Å². The first-order valence-electron chi connectivity index (χ1n) is 8.37. The molecule has 0 aliphatic carbocycles. The summed E-state index contributed by atoms with van der Waals surface area (Å²) in [5, 5.41) is 2.98. The average Bonchev–Trinajstić information content (AvgIpc) is 2.38. The summed E-state index contributed by atoms with van der Waals surface area (Å²) in [6, 6.07) is 0. The molecule has 123 valence electrons. The van der Waals surface area contributed by atoms with E-state index in [9.17, 15) is 9.59 Å². The van der Waals surface area contributed by atoms with Crippen LogP contribution < -0.4 is 11.1 Å². The second-order valence-electron chi connectivity index (χ2n) is 6.86. The van der Waals surface area contributed by atoms with Crippen LogP contribution in [0.1, 0.15) is 85.0 Å². The van der Waals surface area contributed by atoms with Gasteiger partial charge in [-0.25, -0.2) is 0 Å². The third-order valence-corrected chi connectivity index (χ3v) is 3.55. The number of hydrogen-bond donors (Lipinski definition) is 1. The molecule has 21 heavy (non-hydrogen) atoms. The van der Waals surface area contributed by atoms with E-state index < -0.39 is 5.91 Å². The van der Waals surface area contributed by atoms with E-state index >= 15 is 0 Å². The van der Waals surface area contributed by atoms with Gasteiger partial charge in [-0.1, -0.05) is 65.7 Å². The van der Waals surface area contributed by atoms with Crippen LogP contribution in [0.2, 0.25) is 0 Å². The van der Waals surface area contributed by atoms with Crippen LogP contribution in [0.4, 0.5) is 0 Å². The van der Waals surface area contributed by atoms with Crippen LogP contribution in [0, 0.1) is 5.41 Å². The first-order chi connectivity index (χ1) is 9.84. The lowest BCUT2D eigenvalue weighted by atomic mass is 9.96. The summed E-state index contributed by atoms with van der Waals surface area (Å²) in [7, 11) is 0. The van der Waals surface area contributed by atoms with Crippen molar-refractivity contribution in [3.8, 4) is 0 Å². The van der Waals surface area contributed by atoms with E-state index in [1.165, 1.54) is 38.5 Å². The van der Waals surface area contributed by atoms with Crippen LogP contribution in [0.15, 0.2) is 0 Å². The Labute approximate surface area is 130 Å². The summed E-state index contributed by atoms with van der Waals surface area (Å²) in [6.45, 7) is 6.59. The largest absolute Gasteiger partial charge is 0.356 e. The standard InChI is InChI=1S/C17H33N2O2/c1-17(2,3)16(21)19-14-12-10-8-6-4-5-7-9-11-13-15(18)20/h18H,4-14H2,1-3H3,(H,19,21). The highest BCUT2D eigenvalue weighted by molar-refractivity contribution is 5.81. The van der Waals surface area contributed by atoms with Gasteiger partial charge in [-0.2, -0.15) is 0 Å². The van der Waals surface area contributed by atoms with Crippen LogP contribution in [0.3, 0.4) is 0 Å². The highest BCUT2D eigenvalue weighted by atomic mass is 16.2. The van der Waals surface area contributed by atoms with Gasteiger partial charge in [0.2, 0.25) is 11.8 Å². The van der Waals surface area contributed by atoms with Gasteiger partial charge in [0.25, 0.3) is 0 Å². The van der Waals surface area contributed by atoms with Gasteiger partial charge in [-0.3, -0.25) is 15.3 Å². The number of nitrogens with one attached hydrogen (secondary N) is 2. The maximum atomic E-state index is 11.6. The van der Waals surface area contributed by atoms with E-state index in [2.05, 4.69) is 5.32 Å². The van der Waals surface area contributed by atoms with Crippen LogP contribution in [0.25, 0.3) is 0 Å². The Kier molecular flexibility index (Phi) is 11.0. The molecule has 0 aliphatic rings. The second kappa shape index (κ2) is 11.6. The van der Waals surface area contributed by atoms with Gasteiger partial charge in [-0.05, 0) is 12.8 Å². The van der Waals surface area contributed by atoms with E-state index in [0.29, 0.717) is 6.42 Å². The minimum atomic E-state index is -0.437. The Morgan fingerprint density at radius 2 is 1.24 bits per heavy atom. The van der Waals surface area contributed by atoms with E-state index in [-0.39, 0.29) is 11.3 Å². The molecule has 1 radical (unpaired) electrons. The van der Waals surface area contributed by atoms with Gasteiger partial charge < -0.3 is 5.32 Å². The number of carbonyl (C=O) groups is 2. The highest BCUT2D eigenvalue weighted by Gasteiger charge is 2.19. The van der Waals surface area contributed by atoms with E-state index in [1.54, 1.807) is 0 Å². The van der Waals surface area contributed by atoms with Crippen LogP contribution in [0.5, 0.6) is 0 Å². The van der Waals surface area contributed by atoms with Crippen molar-refractivity contribution in [2.75, 3.05) is 6.54 Å². The monoisotopic (exact) mass is 297 g/mol. The van der Waals surface area contributed by atoms with Crippen molar-refractivity contribution >= 4 is 11.8 Å². The minimum Gasteiger partial charge on any atom is -0.356 e. The lowest BCUT2D eigenvalue weighted by Crippen LogP contribution is -2.35. The molecule has 2 amide bonds. The van der Waals surface area contributed by atoms with Gasteiger partial charge in [0.1, 0.15) is 0 Å². The molecule has 0 saturated carbocycles. The Hall–Kier alpha value is -1.06. The van der Waals surface area contributed by atoms with Gasteiger partial charge >= 0.3 is 0 Å². The predicted octanol–water partition coefficient (Wildman–Crippen LogP) is 3.86. The van der Waals surface area contributed by atoms with Crippen molar-refractivity contribution < 1.29 is 9.59 Å². The average molecular weight is 297 g/mol. The molecule has 4 heteroatoms. The van der Waals surface area contributed by atoms with Crippen molar-refractivity contribution in [1.29, 1.82) is 0 Å². The number of carbonyl (C=O) groups excluding carboxylic acids is 2. The van der Waals surface area contributed by atoms with Gasteiger partial charge in [0.05, 0.1) is 0 Å². The SMILES string of the molecule is CC(C)(C)C(=O)NCCCCCCCCCCCC([NH])=O. The molecule has 2 N–H and O–H groups in total. The molecule has 0 atom stereocenters. The lowest BCUT2D eigenvalue weighted by Gasteiger charge is -2.17. The van der Waals surface area contributed by atoms with Crippen molar-refractivity contribution in [2.45, 2.75) is 85.0 Å². The molecule has 0 aliphatic heterocycles. The summed E-state index contributed by atoms with van der Waals surface area (Å²) in [4.78, 5) is 22.1. The first-order valence-corrected chi connectivity index (χ1v) is 8.37. The fourth-order valence-electron chi connectivity index (χ4n) is 2.12. The molecule has 0 spiro atoms. The zero-order valence-corrected chi connectivity index (χ0v) is 14.1. The summed E-state index contributed by atoms with van der Waals surface area (Å²) in [6.07, 6.45) is 10.7. The number of hydrogen-bond acceptors (Lipinski definition) is 2. The van der Waals surface area contributed by atoms with Crippen LogP contribution >= 0.6 is 0 Å². The summed E-state index contributed by atoms with van der Waals surface area (Å²) >= 11 is 0. The zero-order valence-electron chi connectivity index (χ0n) is 14.1. The highest BCUT2D eigenvalue weighted by Crippen LogP contribution is 2.13. The molecule has 0 fully saturated rings. The number of unbranched alkanes of at least 4 members (excludes halogenated alkanes) is 8. The molecule has 0 aromatic rings. The fraction of sp³-hybridized carbons (Fsp3) is 0.882. The molecule has 0 aromatic heterocycles. The number of amides is 2. The molecule has 0 heterocycles. The summed E-state index contributed by atoms with van der Waals surface area (Å²) in [5.41, 5.74) is 6.51. The Bertz CT molecular complexity index is 296. The normalized spacial score (nSPS) is 11.4. The lowest BCUT2D eigenvalue weighted by molar-refractivity contribution is -0.128. The maximum Gasteiger partial charge on any atom is 0.238 e. The molecular formula is C17H33N2O2. The van der Waals surface area contributed by atoms with E-state index in [1.807, 2.05) is 20.8 Å². The van der Waals surface area contributed by atoms with Crippen molar-refractivity contribution in [1.82, 2.24) is 11.1 Å². The Morgan fingerprint density at radius 3 is 1.67 bits per heavy atom. The van der Waals surface area contributed by atoms with Gasteiger partial charge in [-0.15, -0.1) is 0 Å². The van der Waals surface area contributed by atoms with E-state index in [4.69, 9.17) is 5.73 Å². The summed E-state index contributed by atoms with van der Waals surface area (Å²) < 4.78 is 0. The Balaban J connectivity index is 3.20. The molecule has 0 aromatic carbocycles. The van der Waals surface area contributed by atoms with Gasteiger partial charge in [0.15, 0.2) is 0 Å². The predicted molar refractivity (Wildman–Crippen MR) is 86.7 cm³/mol. The fourth-order valence-corrected chi connectivity index (χ4v) is 2.12. The quantitative estimate of drug-likeness (QED) is 0.556.